The monoisotopic (exact) mass is 506 g/mol. The van der Waals surface area contributed by atoms with Crippen LogP contribution >= 0.6 is 11.6 Å². The first-order valence-corrected chi connectivity index (χ1v) is 10.9. The number of aryl methyl sites for hydroxylation is 1. The Labute approximate surface area is 203 Å². The van der Waals surface area contributed by atoms with E-state index in [1.165, 1.54) is 23.9 Å². The molecule has 0 saturated heterocycles. The Balaban J connectivity index is 1.60. The minimum absolute atomic E-state index is 0.0584. The summed E-state index contributed by atoms with van der Waals surface area (Å²) in [6.45, 7) is 1.99. The van der Waals surface area contributed by atoms with Gasteiger partial charge in [0.05, 0.1) is 40.5 Å². The van der Waals surface area contributed by atoms with E-state index in [1.54, 1.807) is 25.4 Å². The van der Waals surface area contributed by atoms with Crippen LogP contribution in [0.5, 0.6) is 5.75 Å². The second-order valence-electron chi connectivity index (χ2n) is 8.66. The van der Waals surface area contributed by atoms with E-state index < -0.39 is 23.8 Å². The minimum atomic E-state index is -4.51. The molecule has 0 spiro atoms. The molecule has 2 aromatic heterocycles. The van der Waals surface area contributed by atoms with Crippen LogP contribution in [-0.4, -0.2) is 44.0 Å². The lowest BCUT2D eigenvalue weighted by Crippen LogP contribution is -2.34. The van der Waals surface area contributed by atoms with Crippen molar-refractivity contribution in [2.45, 2.75) is 26.4 Å². The van der Waals surface area contributed by atoms with Gasteiger partial charge in [0.15, 0.2) is 11.6 Å². The van der Waals surface area contributed by atoms with Crippen LogP contribution in [0.4, 0.5) is 24.8 Å². The van der Waals surface area contributed by atoms with Gasteiger partial charge in [-0.25, -0.2) is 4.68 Å². The Kier molecular flexibility index (Phi) is 6.22. The fraction of sp³-hybridized carbons (Fsp3) is 0.304. The molecule has 35 heavy (non-hydrogen) atoms. The number of benzene rings is 2. The number of methoxy groups -OCH3 is 1. The molecule has 2 heterocycles. The average molecular weight is 507 g/mol. The normalized spacial score (nSPS) is 12.2. The van der Waals surface area contributed by atoms with Gasteiger partial charge >= 0.3 is 6.18 Å². The van der Waals surface area contributed by atoms with Crippen LogP contribution in [0.15, 0.2) is 36.5 Å². The number of carbonyl (C=O) groups excluding carboxylic acids is 1. The summed E-state index contributed by atoms with van der Waals surface area (Å²) in [6, 6.07) is 8.13. The van der Waals surface area contributed by atoms with E-state index in [0.29, 0.717) is 28.0 Å². The van der Waals surface area contributed by atoms with Gasteiger partial charge in [0.2, 0.25) is 5.95 Å². The van der Waals surface area contributed by atoms with Crippen LogP contribution in [0, 0.1) is 5.41 Å². The Morgan fingerprint density at radius 2 is 1.97 bits per heavy atom. The number of ether oxygens (including phenoxy) is 1. The van der Waals surface area contributed by atoms with Gasteiger partial charge in [-0.15, -0.1) is 5.10 Å². The molecule has 0 atom stereocenters. The number of alkyl halides is 3. The summed E-state index contributed by atoms with van der Waals surface area (Å²) in [5.41, 5.74) is -0.193. The summed E-state index contributed by atoms with van der Waals surface area (Å²) in [6.07, 6.45) is -3.60. The maximum absolute atomic E-state index is 13.2. The van der Waals surface area contributed by atoms with Crippen molar-refractivity contribution in [3.05, 3.63) is 47.1 Å². The molecule has 0 bridgehead atoms. The van der Waals surface area contributed by atoms with Gasteiger partial charge in [-0.05, 0) is 24.3 Å². The van der Waals surface area contributed by atoms with Crippen molar-refractivity contribution in [2.24, 2.45) is 12.5 Å². The number of rotatable bonds is 7. The SMILES string of the molecule is COc1cc(-c2nc(Nc3ccc4[nH]ncc4c3Cl)n(C)n2)ccc1C(=O)CC(C)(C)C(F)(F)F. The Bertz CT molecular complexity index is 1410. The number of ketones is 1. The quantitative estimate of drug-likeness (QED) is 0.302. The number of nitrogens with zero attached hydrogens (tertiary/aromatic N) is 4. The number of hydrogen-bond acceptors (Lipinski definition) is 6. The van der Waals surface area contributed by atoms with E-state index in [-0.39, 0.29) is 11.3 Å². The van der Waals surface area contributed by atoms with E-state index in [9.17, 15) is 18.0 Å². The van der Waals surface area contributed by atoms with Crippen LogP contribution in [0.1, 0.15) is 30.6 Å². The second kappa shape index (κ2) is 8.88. The third kappa shape index (κ3) is 4.68. The van der Waals surface area contributed by atoms with Crippen LogP contribution < -0.4 is 10.1 Å². The summed E-state index contributed by atoms with van der Waals surface area (Å²) >= 11 is 6.47. The molecule has 8 nitrogen and oxygen atoms in total. The highest BCUT2D eigenvalue weighted by molar-refractivity contribution is 6.38. The number of halogens is 4. The fourth-order valence-corrected chi connectivity index (χ4v) is 3.73. The highest BCUT2D eigenvalue weighted by Gasteiger charge is 2.48. The first-order valence-electron chi connectivity index (χ1n) is 10.5. The van der Waals surface area contributed by atoms with Crippen molar-refractivity contribution in [1.82, 2.24) is 25.0 Å². The molecule has 0 aliphatic rings. The second-order valence-corrected chi connectivity index (χ2v) is 9.04. The summed E-state index contributed by atoms with van der Waals surface area (Å²) in [4.78, 5) is 17.2. The molecule has 0 unspecified atom stereocenters. The van der Waals surface area contributed by atoms with Gasteiger partial charge in [-0.3, -0.25) is 9.89 Å². The third-order valence-electron chi connectivity index (χ3n) is 5.70. The van der Waals surface area contributed by atoms with Gasteiger partial charge in [0.25, 0.3) is 0 Å². The van der Waals surface area contributed by atoms with Gasteiger partial charge < -0.3 is 10.1 Å². The Morgan fingerprint density at radius 3 is 2.66 bits per heavy atom. The molecule has 4 rings (SSSR count). The molecule has 2 N–H and O–H groups in total. The summed E-state index contributed by atoms with van der Waals surface area (Å²) < 4.78 is 46.5. The summed E-state index contributed by atoms with van der Waals surface area (Å²) in [5.74, 6) is 0.191. The Hall–Kier alpha value is -3.60. The topological polar surface area (TPSA) is 97.7 Å². The number of H-pyrrole nitrogens is 1. The van der Waals surface area contributed by atoms with Crippen molar-refractivity contribution in [3.8, 4) is 17.1 Å². The van der Waals surface area contributed by atoms with Crippen molar-refractivity contribution in [2.75, 3.05) is 12.4 Å². The maximum Gasteiger partial charge on any atom is 0.394 e. The summed E-state index contributed by atoms with van der Waals surface area (Å²) in [5, 5.41) is 15.6. The number of Topliss-reactive ketones (excluding diaryl/α,β-unsaturated/α-hetero) is 1. The first kappa shape index (κ1) is 24.5. The predicted octanol–water partition coefficient (Wildman–Crippen LogP) is 5.93. The fourth-order valence-electron chi connectivity index (χ4n) is 3.47. The minimum Gasteiger partial charge on any atom is -0.496 e. The smallest absolute Gasteiger partial charge is 0.394 e. The van der Waals surface area contributed by atoms with Gasteiger partial charge in [0.1, 0.15) is 5.75 Å². The molecule has 0 radical (unpaired) electrons. The van der Waals surface area contributed by atoms with E-state index in [1.807, 2.05) is 6.07 Å². The van der Waals surface area contributed by atoms with E-state index in [0.717, 1.165) is 24.8 Å². The zero-order chi connectivity index (χ0) is 25.5. The first-order chi connectivity index (χ1) is 16.4. The maximum atomic E-state index is 13.2. The van der Waals surface area contributed by atoms with Crippen molar-refractivity contribution in [1.29, 1.82) is 0 Å². The van der Waals surface area contributed by atoms with Crippen LogP contribution in [0.3, 0.4) is 0 Å². The number of aromatic nitrogens is 5. The molecule has 0 saturated carbocycles. The van der Waals surface area contributed by atoms with Gasteiger partial charge in [-0.1, -0.05) is 31.5 Å². The molecule has 0 aliphatic carbocycles. The zero-order valence-electron chi connectivity index (χ0n) is 19.3. The lowest BCUT2D eigenvalue weighted by molar-refractivity contribution is -0.210. The molecular weight excluding hydrogens is 485 g/mol. The number of fused-ring (bicyclic) bond motifs is 1. The van der Waals surface area contributed by atoms with Gasteiger partial charge in [-0.2, -0.15) is 23.3 Å². The largest absolute Gasteiger partial charge is 0.496 e. The molecule has 184 valence electrons. The van der Waals surface area contributed by atoms with Crippen molar-refractivity contribution < 1.29 is 22.7 Å². The molecule has 2 aromatic carbocycles. The lowest BCUT2D eigenvalue weighted by Gasteiger charge is -2.27. The Morgan fingerprint density at radius 1 is 1.23 bits per heavy atom. The van der Waals surface area contributed by atoms with Crippen LogP contribution in [-0.2, 0) is 7.05 Å². The highest BCUT2D eigenvalue weighted by Crippen LogP contribution is 2.42. The number of anilines is 2. The van der Waals surface area contributed by atoms with Crippen molar-refractivity contribution >= 4 is 39.9 Å². The molecular formula is C23H22ClF3N6O2. The predicted molar refractivity (Wildman–Crippen MR) is 126 cm³/mol. The number of carbonyl (C=O) groups is 1. The van der Waals surface area contributed by atoms with E-state index in [4.69, 9.17) is 16.3 Å². The van der Waals surface area contributed by atoms with E-state index in [2.05, 4.69) is 25.6 Å². The highest BCUT2D eigenvalue weighted by atomic mass is 35.5. The molecule has 12 heteroatoms. The lowest BCUT2D eigenvalue weighted by atomic mass is 9.84. The molecule has 0 amide bonds. The van der Waals surface area contributed by atoms with Crippen LogP contribution in [0.2, 0.25) is 5.02 Å². The van der Waals surface area contributed by atoms with Crippen molar-refractivity contribution in [3.63, 3.8) is 0 Å². The number of aromatic amines is 1. The number of nitrogens with one attached hydrogen (secondary N) is 2. The molecule has 0 aliphatic heterocycles. The zero-order valence-corrected chi connectivity index (χ0v) is 20.0. The number of hydrogen-bond donors (Lipinski definition) is 2. The average Bonchev–Trinajstić information content (AvgIpc) is 3.41. The third-order valence-corrected chi connectivity index (χ3v) is 6.11. The molecule has 0 fully saturated rings. The van der Waals surface area contributed by atoms with Gasteiger partial charge in [0, 0.05) is 24.4 Å². The molecule has 4 aromatic rings. The summed E-state index contributed by atoms with van der Waals surface area (Å²) in [7, 11) is 3.04. The van der Waals surface area contributed by atoms with Crippen LogP contribution in [0.25, 0.3) is 22.3 Å². The van der Waals surface area contributed by atoms with E-state index >= 15 is 0 Å². The standard InChI is InChI=1S/C23H22ClF3N6O2/c1-22(2,23(25,26)27)10-17(34)13-6-5-12(9-18(13)35-4)20-30-21(33(3)32-20)29-16-8-7-15-14(19(16)24)11-28-31-15/h5-9,11H,10H2,1-4H3,(H,28,31)(H,29,30,32).